The number of hydrogen-bond acceptors (Lipinski definition) is 9. The molecular weight excluding hydrogens is 533 g/mol. The maximum atomic E-state index is 15.9. The lowest BCUT2D eigenvalue weighted by molar-refractivity contribution is -0.181. The predicted octanol–water partition coefficient (Wildman–Crippen LogP) is 1.31. The Kier molecular flexibility index (Phi) is 7.59. The second kappa shape index (κ2) is 10.1. The van der Waals surface area contributed by atoms with Crippen molar-refractivity contribution < 1.29 is 38.6 Å². The van der Waals surface area contributed by atoms with E-state index in [1.165, 1.54) is 19.0 Å². The number of hydrogen-bond donors (Lipinski definition) is 4. The van der Waals surface area contributed by atoms with Crippen LogP contribution in [0.25, 0.3) is 0 Å². The number of benzene rings is 1. The lowest BCUT2D eigenvalue weighted by Gasteiger charge is -2.52. The molecule has 4 rings (SSSR count). The Hall–Kier alpha value is -3.02. The molecule has 0 bridgehead atoms. The molecule has 3 aliphatic rings. The zero-order valence-electron chi connectivity index (χ0n) is 24.6. The van der Waals surface area contributed by atoms with E-state index in [9.17, 15) is 34.2 Å². The first-order valence-corrected chi connectivity index (χ1v) is 13.9. The number of nitrogens with one attached hydrogen (secondary N) is 1. The van der Waals surface area contributed by atoms with Crippen LogP contribution in [0, 0.1) is 34.9 Å². The lowest BCUT2D eigenvalue weighted by atomic mass is 9.52. The van der Waals surface area contributed by atoms with Gasteiger partial charge in [0.25, 0.3) is 0 Å². The fourth-order valence-electron chi connectivity index (χ4n) is 7.56. The van der Waals surface area contributed by atoms with Crippen LogP contribution in [0.15, 0.2) is 6.07 Å². The number of phenolic OH excluding ortho intramolecular Hbond substituents is 1. The van der Waals surface area contributed by atoms with E-state index in [-0.39, 0.29) is 47.0 Å². The highest BCUT2D eigenvalue weighted by Crippen LogP contribution is 2.51. The summed E-state index contributed by atoms with van der Waals surface area (Å²) in [5.41, 5.74) is 1.93. The van der Waals surface area contributed by atoms with E-state index >= 15 is 4.39 Å². The molecule has 41 heavy (non-hydrogen) atoms. The van der Waals surface area contributed by atoms with E-state index in [0.717, 1.165) is 12.5 Å². The van der Waals surface area contributed by atoms with Gasteiger partial charge in [-0.2, -0.15) is 0 Å². The number of amides is 1. The van der Waals surface area contributed by atoms with Crippen LogP contribution in [-0.4, -0.2) is 75.4 Å². The van der Waals surface area contributed by atoms with Crippen molar-refractivity contribution in [3.05, 3.63) is 28.6 Å². The summed E-state index contributed by atoms with van der Waals surface area (Å²) in [6, 6.07) is -0.0528. The number of primary amides is 1. The molecular formula is C30H40FN3O7. The van der Waals surface area contributed by atoms with Crippen molar-refractivity contribution in [2.24, 2.45) is 34.8 Å². The molecule has 1 aromatic carbocycles. The van der Waals surface area contributed by atoms with Gasteiger partial charge in [-0.3, -0.25) is 28.9 Å². The van der Waals surface area contributed by atoms with Crippen molar-refractivity contribution in [2.45, 2.75) is 77.6 Å². The standard InChI is InChI=1S/C30H40FN3O7/c1-28(2,3)12-29(4,5)33-11-14-10-17(35)19-15(21(14)31)8-13-9-16-22(34(6)7)24(37)20(27(32)40)26(39)30(16,41)25(38)18(13)23(19)36/h10,13,16,18,20,22,33,35,41H,8-9,11-12H2,1-7H3,(H2,32,40)/t13-,16-,18?,20?,22-,30-/m0/s1. The fraction of sp³-hybridized carbons (Fsp3) is 0.633. The molecule has 2 unspecified atom stereocenters. The molecule has 2 fully saturated rings. The molecule has 3 aliphatic carbocycles. The predicted molar refractivity (Wildman–Crippen MR) is 146 cm³/mol. The molecule has 0 spiro atoms. The Morgan fingerprint density at radius 3 is 2.29 bits per heavy atom. The smallest absolute Gasteiger partial charge is 0.235 e. The number of carbonyl (C=O) groups is 5. The third-order valence-electron chi connectivity index (χ3n) is 8.80. The first kappa shape index (κ1) is 30.9. The summed E-state index contributed by atoms with van der Waals surface area (Å²) >= 11 is 0. The van der Waals surface area contributed by atoms with Gasteiger partial charge in [0.05, 0.1) is 17.5 Å². The Bertz CT molecular complexity index is 1350. The maximum Gasteiger partial charge on any atom is 0.235 e. The molecule has 0 saturated heterocycles. The van der Waals surface area contributed by atoms with Gasteiger partial charge >= 0.3 is 0 Å². The van der Waals surface area contributed by atoms with E-state index in [1.807, 2.05) is 13.8 Å². The van der Waals surface area contributed by atoms with Crippen LogP contribution in [0.2, 0.25) is 0 Å². The minimum Gasteiger partial charge on any atom is -0.507 e. The number of Topliss-reactive ketones (excluding diaryl/α,β-unsaturated/α-hetero) is 4. The first-order valence-electron chi connectivity index (χ1n) is 13.9. The Morgan fingerprint density at radius 2 is 1.76 bits per heavy atom. The topological polar surface area (TPSA) is 167 Å². The third-order valence-corrected chi connectivity index (χ3v) is 8.80. The number of fused-ring (bicyclic) bond motifs is 3. The summed E-state index contributed by atoms with van der Waals surface area (Å²) in [5, 5.41) is 25.8. The van der Waals surface area contributed by atoms with Crippen molar-refractivity contribution in [1.82, 2.24) is 10.2 Å². The first-order chi connectivity index (χ1) is 18.7. The van der Waals surface area contributed by atoms with Crippen LogP contribution in [-0.2, 0) is 32.1 Å². The SMILES string of the molecule is CN(C)[C@@H]1C(=O)C(C(N)=O)C(=O)[C@@]2(O)C(=O)C3C(=O)c4c(O)cc(CNC(C)(C)CC(C)(C)C)c(F)c4C[C@H]3C[C@@H]12. The average Bonchev–Trinajstić information content (AvgIpc) is 2.80. The number of carbonyl (C=O) groups excluding carboxylic acids is 5. The van der Waals surface area contributed by atoms with Crippen molar-refractivity contribution in [3.8, 4) is 5.75 Å². The van der Waals surface area contributed by atoms with E-state index in [1.54, 1.807) is 0 Å². The van der Waals surface area contributed by atoms with Crippen molar-refractivity contribution in [1.29, 1.82) is 0 Å². The van der Waals surface area contributed by atoms with Gasteiger partial charge < -0.3 is 21.3 Å². The summed E-state index contributed by atoms with van der Waals surface area (Å²) in [7, 11) is 3.01. The largest absolute Gasteiger partial charge is 0.507 e. The second-order valence-corrected chi connectivity index (χ2v) is 14.0. The number of aromatic hydroxyl groups is 1. The number of phenols is 1. The molecule has 1 aromatic rings. The van der Waals surface area contributed by atoms with Gasteiger partial charge in [-0.05, 0) is 64.6 Å². The minimum absolute atomic E-state index is 0.00761. The molecule has 2 saturated carbocycles. The Labute approximate surface area is 238 Å². The molecule has 1 amide bonds. The van der Waals surface area contributed by atoms with Crippen LogP contribution in [0.4, 0.5) is 4.39 Å². The zero-order chi connectivity index (χ0) is 31.0. The summed E-state index contributed by atoms with van der Waals surface area (Å²) in [6.07, 6.45) is 0.532. The normalized spacial score (nSPS) is 30.2. The van der Waals surface area contributed by atoms with Crippen LogP contribution >= 0.6 is 0 Å². The summed E-state index contributed by atoms with van der Waals surface area (Å²) in [4.78, 5) is 67.5. The number of likely N-dealkylation sites (N-methyl/N-ethyl adjacent to an activating group) is 1. The van der Waals surface area contributed by atoms with Crippen molar-refractivity contribution >= 4 is 29.0 Å². The number of nitrogens with zero attached hydrogens (tertiary/aromatic N) is 1. The highest BCUT2D eigenvalue weighted by molar-refractivity contribution is 6.32. The molecule has 0 aliphatic heterocycles. The molecule has 0 aromatic heterocycles. The number of rotatable bonds is 6. The lowest BCUT2D eigenvalue weighted by Crippen LogP contribution is -2.74. The van der Waals surface area contributed by atoms with Gasteiger partial charge in [0, 0.05) is 29.1 Å². The molecule has 11 heteroatoms. The third kappa shape index (κ3) is 5.02. The van der Waals surface area contributed by atoms with E-state index < -0.39 is 75.9 Å². The molecule has 224 valence electrons. The molecule has 0 radical (unpaired) electrons. The Morgan fingerprint density at radius 1 is 1.15 bits per heavy atom. The molecule has 10 nitrogen and oxygen atoms in total. The number of halogens is 1. The molecule has 5 N–H and O–H groups in total. The number of ketones is 4. The van der Waals surface area contributed by atoms with Crippen LogP contribution in [0.5, 0.6) is 5.75 Å². The maximum absolute atomic E-state index is 15.9. The molecule has 6 atom stereocenters. The van der Waals surface area contributed by atoms with E-state index in [0.29, 0.717) is 0 Å². The van der Waals surface area contributed by atoms with Crippen molar-refractivity contribution in [3.63, 3.8) is 0 Å². The van der Waals surface area contributed by atoms with Crippen LogP contribution in [0.3, 0.4) is 0 Å². The average molecular weight is 574 g/mol. The summed E-state index contributed by atoms with van der Waals surface area (Å²) < 4.78 is 15.9. The minimum atomic E-state index is -2.81. The summed E-state index contributed by atoms with van der Waals surface area (Å²) in [6.45, 7) is 10.4. The van der Waals surface area contributed by atoms with Crippen LogP contribution in [0.1, 0.15) is 68.9 Å². The van der Waals surface area contributed by atoms with Gasteiger partial charge in [-0.25, -0.2) is 4.39 Å². The highest BCUT2D eigenvalue weighted by atomic mass is 19.1. The number of aliphatic hydroxyl groups is 1. The Balaban J connectivity index is 1.74. The quantitative estimate of drug-likeness (QED) is 0.367. The van der Waals surface area contributed by atoms with E-state index in [2.05, 4.69) is 26.1 Å². The van der Waals surface area contributed by atoms with Gasteiger partial charge in [-0.1, -0.05) is 20.8 Å². The van der Waals surface area contributed by atoms with Crippen molar-refractivity contribution in [2.75, 3.05) is 14.1 Å². The van der Waals surface area contributed by atoms with Crippen LogP contribution < -0.4 is 11.1 Å². The monoisotopic (exact) mass is 573 g/mol. The molecule has 0 heterocycles. The van der Waals surface area contributed by atoms with Gasteiger partial charge in [0.2, 0.25) is 5.91 Å². The van der Waals surface area contributed by atoms with E-state index in [4.69, 9.17) is 5.73 Å². The zero-order valence-corrected chi connectivity index (χ0v) is 24.6. The highest BCUT2D eigenvalue weighted by Gasteiger charge is 2.69. The van der Waals surface area contributed by atoms with Gasteiger partial charge in [-0.15, -0.1) is 0 Å². The van der Waals surface area contributed by atoms with Gasteiger partial charge in [0.15, 0.2) is 34.7 Å². The van der Waals surface area contributed by atoms with Gasteiger partial charge in [0.1, 0.15) is 11.6 Å². The number of nitrogens with two attached hydrogens (primary N) is 1. The summed E-state index contributed by atoms with van der Waals surface area (Å²) in [5.74, 6) is -12.4. The fourth-order valence-corrected chi connectivity index (χ4v) is 7.56. The second-order valence-electron chi connectivity index (χ2n) is 14.0.